The highest BCUT2D eigenvalue weighted by atomic mass is 16.4. The highest BCUT2D eigenvalue weighted by Gasteiger charge is 2.22. The Balaban J connectivity index is 2.71. The zero-order valence-electron chi connectivity index (χ0n) is 10.8. The third kappa shape index (κ3) is 3.91. The molecule has 0 saturated carbocycles. The van der Waals surface area contributed by atoms with E-state index in [2.05, 4.69) is 0 Å². The van der Waals surface area contributed by atoms with Gasteiger partial charge in [-0.05, 0) is 18.6 Å². The van der Waals surface area contributed by atoms with Crippen molar-refractivity contribution in [3.63, 3.8) is 0 Å². The molecule has 1 rings (SSSR count). The van der Waals surface area contributed by atoms with E-state index in [0.717, 1.165) is 12.8 Å². The van der Waals surface area contributed by atoms with E-state index in [4.69, 9.17) is 9.52 Å². The van der Waals surface area contributed by atoms with Crippen LogP contribution in [0.5, 0.6) is 0 Å². The number of amides is 1. The molecule has 0 aromatic carbocycles. The fourth-order valence-electron chi connectivity index (χ4n) is 1.59. The number of hydrogen-bond donors (Lipinski definition) is 1. The monoisotopic (exact) mass is 253 g/mol. The second kappa shape index (κ2) is 6.83. The number of furan rings is 1. The first kappa shape index (κ1) is 14.3. The molecule has 0 spiro atoms. The molecule has 1 aromatic heterocycles. The minimum Gasteiger partial charge on any atom is -0.481 e. The lowest BCUT2D eigenvalue weighted by Gasteiger charge is -2.23. The minimum atomic E-state index is -0.899. The van der Waals surface area contributed by atoms with Gasteiger partial charge in [-0.2, -0.15) is 0 Å². The summed E-state index contributed by atoms with van der Waals surface area (Å²) in [5, 5.41) is 8.91. The van der Waals surface area contributed by atoms with Crippen molar-refractivity contribution in [2.75, 3.05) is 13.1 Å². The van der Waals surface area contributed by atoms with Crippen LogP contribution in [-0.4, -0.2) is 35.0 Å². The van der Waals surface area contributed by atoms with Gasteiger partial charge in [0.1, 0.15) is 0 Å². The molecule has 0 aliphatic carbocycles. The van der Waals surface area contributed by atoms with E-state index in [1.807, 2.05) is 6.92 Å². The third-order valence-corrected chi connectivity index (χ3v) is 2.72. The van der Waals surface area contributed by atoms with E-state index < -0.39 is 11.9 Å². The van der Waals surface area contributed by atoms with Crippen LogP contribution in [0.1, 0.15) is 37.2 Å². The zero-order valence-corrected chi connectivity index (χ0v) is 10.8. The average Bonchev–Trinajstić information content (AvgIpc) is 2.86. The molecule has 0 radical (unpaired) electrons. The second-order valence-corrected chi connectivity index (χ2v) is 4.32. The summed E-state index contributed by atoms with van der Waals surface area (Å²) in [6, 6.07) is 3.23. The number of carbonyl (C=O) groups is 2. The van der Waals surface area contributed by atoms with Gasteiger partial charge in [0.25, 0.3) is 5.91 Å². The number of carbonyl (C=O) groups excluding carboxylic acids is 1. The number of carboxylic acids is 1. The van der Waals surface area contributed by atoms with Gasteiger partial charge in [0.15, 0.2) is 5.76 Å². The van der Waals surface area contributed by atoms with Crippen LogP contribution in [0.15, 0.2) is 22.8 Å². The smallest absolute Gasteiger partial charge is 0.308 e. The number of nitrogens with zero attached hydrogens (tertiary/aromatic N) is 1. The SMILES string of the molecule is CCCCN(CC(C)C(=O)O)C(=O)c1ccco1. The molecule has 100 valence electrons. The molecular formula is C13H19NO4. The van der Waals surface area contributed by atoms with Crippen LogP contribution in [0.3, 0.4) is 0 Å². The molecule has 1 atom stereocenters. The second-order valence-electron chi connectivity index (χ2n) is 4.32. The maximum absolute atomic E-state index is 12.1. The quantitative estimate of drug-likeness (QED) is 0.809. The lowest BCUT2D eigenvalue weighted by Crippen LogP contribution is -2.37. The van der Waals surface area contributed by atoms with E-state index in [1.54, 1.807) is 24.0 Å². The van der Waals surface area contributed by atoms with Crippen molar-refractivity contribution in [2.24, 2.45) is 5.92 Å². The fourth-order valence-corrected chi connectivity index (χ4v) is 1.59. The summed E-state index contributed by atoms with van der Waals surface area (Å²) >= 11 is 0. The molecule has 1 N–H and O–H groups in total. The minimum absolute atomic E-state index is 0.203. The maximum Gasteiger partial charge on any atom is 0.308 e. The summed E-state index contributed by atoms with van der Waals surface area (Å²) in [5.74, 6) is -1.48. The largest absolute Gasteiger partial charge is 0.481 e. The topological polar surface area (TPSA) is 70.8 Å². The highest BCUT2D eigenvalue weighted by molar-refractivity contribution is 5.91. The first-order valence-electron chi connectivity index (χ1n) is 6.11. The van der Waals surface area contributed by atoms with E-state index in [-0.39, 0.29) is 18.2 Å². The standard InChI is InChI=1S/C13H19NO4/c1-3-4-7-14(9-10(2)13(16)17)12(15)11-6-5-8-18-11/h5-6,8,10H,3-4,7,9H2,1-2H3,(H,16,17). The first-order valence-corrected chi connectivity index (χ1v) is 6.11. The van der Waals surface area contributed by atoms with Crippen molar-refractivity contribution in [1.82, 2.24) is 4.90 Å². The van der Waals surface area contributed by atoms with Gasteiger partial charge in [-0.1, -0.05) is 20.3 Å². The van der Waals surface area contributed by atoms with Gasteiger partial charge in [0, 0.05) is 13.1 Å². The van der Waals surface area contributed by atoms with Crippen LogP contribution in [-0.2, 0) is 4.79 Å². The lowest BCUT2D eigenvalue weighted by molar-refractivity contribution is -0.141. The molecule has 5 heteroatoms. The molecule has 1 amide bonds. The highest BCUT2D eigenvalue weighted by Crippen LogP contribution is 2.10. The molecule has 0 fully saturated rings. The van der Waals surface area contributed by atoms with E-state index in [0.29, 0.717) is 6.54 Å². The van der Waals surface area contributed by atoms with Gasteiger partial charge >= 0.3 is 5.97 Å². The summed E-state index contributed by atoms with van der Waals surface area (Å²) in [5.41, 5.74) is 0. The van der Waals surface area contributed by atoms with Crippen molar-refractivity contribution in [3.05, 3.63) is 24.2 Å². The Morgan fingerprint density at radius 2 is 2.22 bits per heavy atom. The molecule has 0 aliphatic heterocycles. The van der Waals surface area contributed by atoms with Gasteiger partial charge in [0.2, 0.25) is 0 Å². The molecule has 18 heavy (non-hydrogen) atoms. The van der Waals surface area contributed by atoms with Crippen LogP contribution in [0.4, 0.5) is 0 Å². The Labute approximate surface area is 106 Å². The Hall–Kier alpha value is -1.78. The van der Waals surface area contributed by atoms with E-state index in [1.165, 1.54) is 6.26 Å². The third-order valence-electron chi connectivity index (χ3n) is 2.72. The predicted octanol–water partition coefficient (Wildman–Crippen LogP) is 2.24. The lowest BCUT2D eigenvalue weighted by atomic mass is 10.1. The number of aliphatic carboxylic acids is 1. The summed E-state index contributed by atoms with van der Waals surface area (Å²) in [6.45, 7) is 4.37. The van der Waals surface area contributed by atoms with Gasteiger partial charge in [-0.3, -0.25) is 9.59 Å². The van der Waals surface area contributed by atoms with Crippen molar-refractivity contribution in [2.45, 2.75) is 26.7 Å². The van der Waals surface area contributed by atoms with E-state index >= 15 is 0 Å². The summed E-state index contributed by atoms with van der Waals surface area (Å²) in [7, 11) is 0. The number of carboxylic acid groups (broad SMARTS) is 1. The van der Waals surface area contributed by atoms with Crippen molar-refractivity contribution in [1.29, 1.82) is 0 Å². The molecular weight excluding hydrogens is 234 g/mol. The molecule has 1 heterocycles. The van der Waals surface area contributed by atoms with Crippen molar-refractivity contribution in [3.8, 4) is 0 Å². The predicted molar refractivity (Wildman–Crippen MR) is 66.3 cm³/mol. The van der Waals surface area contributed by atoms with Crippen LogP contribution in [0.2, 0.25) is 0 Å². The summed E-state index contributed by atoms with van der Waals surface area (Å²) in [6.07, 6.45) is 3.23. The normalized spacial score (nSPS) is 12.1. The fraction of sp³-hybridized carbons (Fsp3) is 0.538. The van der Waals surface area contributed by atoms with Gasteiger partial charge in [-0.15, -0.1) is 0 Å². The number of unbranched alkanes of at least 4 members (excludes halogenated alkanes) is 1. The van der Waals surface area contributed by atoms with E-state index in [9.17, 15) is 9.59 Å². The van der Waals surface area contributed by atoms with Crippen LogP contribution >= 0.6 is 0 Å². The van der Waals surface area contributed by atoms with Crippen LogP contribution < -0.4 is 0 Å². The van der Waals surface area contributed by atoms with Gasteiger partial charge < -0.3 is 14.4 Å². The Morgan fingerprint density at radius 3 is 2.72 bits per heavy atom. The first-order chi connectivity index (χ1) is 8.56. The Morgan fingerprint density at radius 1 is 1.50 bits per heavy atom. The molecule has 0 saturated heterocycles. The summed E-state index contributed by atoms with van der Waals surface area (Å²) in [4.78, 5) is 24.5. The van der Waals surface area contributed by atoms with Gasteiger partial charge in [-0.25, -0.2) is 0 Å². The van der Waals surface area contributed by atoms with Crippen LogP contribution in [0.25, 0.3) is 0 Å². The molecule has 0 aliphatic rings. The number of hydrogen-bond acceptors (Lipinski definition) is 3. The molecule has 1 unspecified atom stereocenters. The molecule has 0 bridgehead atoms. The van der Waals surface area contributed by atoms with Crippen LogP contribution in [0, 0.1) is 5.92 Å². The number of rotatable bonds is 7. The Bertz CT molecular complexity index is 386. The van der Waals surface area contributed by atoms with Gasteiger partial charge in [0.05, 0.1) is 12.2 Å². The van der Waals surface area contributed by atoms with Crippen molar-refractivity contribution >= 4 is 11.9 Å². The molecule has 5 nitrogen and oxygen atoms in total. The van der Waals surface area contributed by atoms with Crippen molar-refractivity contribution < 1.29 is 19.1 Å². The molecule has 1 aromatic rings. The summed E-state index contributed by atoms with van der Waals surface area (Å²) < 4.78 is 5.06. The zero-order chi connectivity index (χ0) is 13.5. The Kier molecular flexibility index (Phi) is 5.42. The maximum atomic E-state index is 12.1. The average molecular weight is 253 g/mol.